The van der Waals surface area contributed by atoms with E-state index in [-0.39, 0.29) is 16.6 Å². The fraction of sp³-hybridized carbons (Fsp3) is 0.342. The van der Waals surface area contributed by atoms with E-state index in [0.29, 0.717) is 64.8 Å². The number of fused-ring (bicyclic) bond motifs is 1. The third-order valence-electron chi connectivity index (χ3n) is 9.94. The van der Waals surface area contributed by atoms with Gasteiger partial charge in [0.1, 0.15) is 17.3 Å². The number of aryl methyl sites for hydroxylation is 1. The number of anilines is 3. The molecule has 0 radical (unpaired) electrons. The van der Waals surface area contributed by atoms with Gasteiger partial charge in [-0.1, -0.05) is 26.0 Å². The summed E-state index contributed by atoms with van der Waals surface area (Å²) in [6.07, 6.45) is 7.07. The Balaban J connectivity index is 1.35. The van der Waals surface area contributed by atoms with Crippen molar-refractivity contribution in [2.24, 2.45) is 7.05 Å². The van der Waals surface area contributed by atoms with Crippen LogP contribution in [0.2, 0.25) is 0 Å². The molecule has 2 aromatic carbocycles. The van der Waals surface area contributed by atoms with Gasteiger partial charge in [-0.3, -0.25) is 14.2 Å². The van der Waals surface area contributed by atoms with Crippen LogP contribution in [0.3, 0.4) is 0 Å². The number of benzene rings is 2. The molecule has 1 aliphatic heterocycles. The number of aliphatic hydroxyl groups excluding tert-OH is 1. The van der Waals surface area contributed by atoms with Crippen molar-refractivity contribution in [3.05, 3.63) is 111 Å². The molecule has 256 valence electrons. The summed E-state index contributed by atoms with van der Waals surface area (Å²) in [7, 11) is 1.63. The molecule has 0 spiro atoms. The van der Waals surface area contributed by atoms with Crippen LogP contribution in [0.4, 0.5) is 21.6 Å². The molecule has 1 fully saturated rings. The second kappa shape index (κ2) is 13.2. The average Bonchev–Trinajstić information content (AvgIpc) is 3.09. The highest BCUT2D eigenvalue weighted by Gasteiger charge is 2.28. The van der Waals surface area contributed by atoms with Gasteiger partial charge in [0.25, 0.3) is 11.1 Å². The molecule has 4 N–H and O–H groups in total. The van der Waals surface area contributed by atoms with E-state index >= 15 is 4.39 Å². The van der Waals surface area contributed by atoms with Gasteiger partial charge in [-0.05, 0) is 91.6 Å². The number of hydrogen-bond acceptors (Lipinski definition) is 8. The van der Waals surface area contributed by atoms with E-state index in [1.165, 1.54) is 15.2 Å². The number of halogens is 1. The number of nitrogens with one attached hydrogen (secondary N) is 1. The molecule has 1 aliphatic rings. The van der Waals surface area contributed by atoms with Gasteiger partial charge in [0.2, 0.25) is 0 Å². The van der Waals surface area contributed by atoms with Crippen LogP contribution in [-0.2, 0) is 19.3 Å². The lowest BCUT2D eigenvalue weighted by atomic mass is 9.87. The molecule has 5 aromatic rings. The van der Waals surface area contributed by atoms with E-state index in [9.17, 15) is 24.9 Å². The molecule has 10 nitrogen and oxygen atoms in total. The minimum atomic E-state index is -1.21. The fourth-order valence-corrected chi connectivity index (χ4v) is 6.66. The average molecular weight is 668 g/mol. The van der Waals surface area contributed by atoms with Crippen molar-refractivity contribution >= 4 is 28.0 Å². The summed E-state index contributed by atoms with van der Waals surface area (Å²) >= 11 is 0. The summed E-state index contributed by atoms with van der Waals surface area (Å²) in [4.78, 5) is 33.7. The van der Waals surface area contributed by atoms with Crippen molar-refractivity contribution in [1.29, 1.82) is 0 Å². The third-order valence-corrected chi connectivity index (χ3v) is 9.94. The zero-order valence-corrected chi connectivity index (χ0v) is 28.2. The number of rotatable bonds is 9. The molecule has 0 bridgehead atoms. The molecule has 11 heteroatoms. The van der Waals surface area contributed by atoms with Gasteiger partial charge < -0.3 is 30.1 Å². The number of nitrogens with zero attached hydrogens (tertiary/aromatic N) is 4. The van der Waals surface area contributed by atoms with Gasteiger partial charge >= 0.3 is 0 Å². The quantitative estimate of drug-likeness (QED) is 0.162. The molecule has 0 saturated carbocycles. The Morgan fingerprint density at radius 3 is 2.41 bits per heavy atom. The van der Waals surface area contributed by atoms with Gasteiger partial charge in [0.05, 0.1) is 40.8 Å². The van der Waals surface area contributed by atoms with E-state index < -0.39 is 29.2 Å². The summed E-state index contributed by atoms with van der Waals surface area (Å²) < 4.78 is 18.3. The SMILES string of the molecule is CCC(O)(CC)c1cc(F)c2c(=O)n(-c3cccc(-c4cc(Nc5ccc(N6CCC(C)(O)CC6)cn5)c(=O)n(C)c4)c3CO)ccc2c1. The Kier molecular flexibility index (Phi) is 9.19. The van der Waals surface area contributed by atoms with Crippen LogP contribution in [-0.4, -0.2) is 48.1 Å². The summed E-state index contributed by atoms with van der Waals surface area (Å²) in [5.74, 6) is -0.254. The van der Waals surface area contributed by atoms with E-state index in [1.807, 2.05) is 26.8 Å². The van der Waals surface area contributed by atoms with Gasteiger partial charge in [0.15, 0.2) is 0 Å². The number of aromatic nitrogens is 3. The Hall–Kier alpha value is -4.84. The van der Waals surface area contributed by atoms with Gasteiger partial charge in [-0.2, -0.15) is 0 Å². The lowest BCUT2D eigenvalue weighted by molar-refractivity contribution is 0.0282. The van der Waals surface area contributed by atoms with E-state index in [1.54, 1.807) is 68.1 Å². The van der Waals surface area contributed by atoms with E-state index in [0.717, 1.165) is 18.8 Å². The van der Waals surface area contributed by atoms with Crippen molar-refractivity contribution in [3.8, 4) is 16.8 Å². The topological polar surface area (TPSA) is 133 Å². The summed E-state index contributed by atoms with van der Waals surface area (Å²) in [6.45, 7) is 6.52. The van der Waals surface area contributed by atoms with E-state index in [2.05, 4.69) is 15.2 Å². The zero-order valence-electron chi connectivity index (χ0n) is 28.2. The number of aliphatic hydroxyl groups is 3. The fourth-order valence-electron chi connectivity index (χ4n) is 6.66. The summed E-state index contributed by atoms with van der Waals surface area (Å²) in [5, 5.41) is 35.3. The maximum Gasteiger partial charge on any atom is 0.274 e. The first-order valence-electron chi connectivity index (χ1n) is 16.6. The van der Waals surface area contributed by atoms with Crippen LogP contribution in [0.25, 0.3) is 27.6 Å². The van der Waals surface area contributed by atoms with Crippen molar-refractivity contribution < 1.29 is 19.7 Å². The second-order valence-electron chi connectivity index (χ2n) is 13.2. The van der Waals surface area contributed by atoms with Gasteiger partial charge in [-0.15, -0.1) is 0 Å². The molecule has 0 amide bonds. The van der Waals surface area contributed by atoms with Crippen LogP contribution >= 0.6 is 0 Å². The Morgan fingerprint density at radius 2 is 1.76 bits per heavy atom. The van der Waals surface area contributed by atoms with Crippen molar-refractivity contribution in [2.75, 3.05) is 23.3 Å². The van der Waals surface area contributed by atoms with Crippen molar-refractivity contribution in [1.82, 2.24) is 14.1 Å². The van der Waals surface area contributed by atoms with Crippen LogP contribution < -0.4 is 21.3 Å². The minimum Gasteiger partial charge on any atom is -0.392 e. The van der Waals surface area contributed by atoms with Crippen LogP contribution in [0.5, 0.6) is 0 Å². The first kappa shape index (κ1) is 34.0. The lowest BCUT2D eigenvalue weighted by Crippen LogP contribution is -2.42. The Labute approximate surface area is 283 Å². The molecule has 3 aromatic heterocycles. The molecular weight excluding hydrogens is 625 g/mol. The Bertz CT molecular complexity index is 2130. The highest BCUT2D eigenvalue weighted by Crippen LogP contribution is 2.33. The lowest BCUT2D eigenvalue weighted by Gasteiger charge is -2.37. The predicted molar refractivity (Wildman–Crippen MR) is 190 cm³/mol. The maximum atomic E-state index is 15.6. The second-order valence-corrected chi connectivity index (χ2v) is 13.2. The first-order chi connectivity index (χ1) is 23.4. The van der Waals surface area contributed by atoms with Crippen molar-refractivity contribution in [3.63, 3.8) is 0 Å². The standard InChI is InChI=1S/C38H42FN5O5/c1-5-38(49,6-2)26-18-24-12-15-44(36(47)34(24)30(39)20-26)32-9-7-8-28(29(32)23-45)25-19-31(35(46)42(4)22-25)41-33-11-10-27(21-40-33)43-16-13-37(3,48)14-17-43/h7-12,15,18-22,45,48-49H,5-6,13-14,16-17,23H2,1-4H3,(H,40,41). The van der Waals surface area contributed by atoms with Crippen molar-refractivity contribution in [2.45, 2.75) is 64.3 Å². The number of hydrogen-bond donors (Lipinski definition) is 4. The predicted octanol–water partition coefficient (Wildman–Crippen LogP) is 5.49. The van der Waals surface area contributed by atoms with Gasteiger partial charge in [-0.25, -0.2) is 9.37 Å². The first-order valence-corrected chi connectivity index (χ1v) is 16.6. The summed E-state index contributed by atoms with van der Waals surface area (Å²) in [5.41, 5.74) is 0.847. The largest absolute Gasteiger partial charge is 0.392 e. The normalized spacial score (nSPS) is 14.7. The molecule has 6 rings (SSSR count). The monoisotopic (exact) mass is 667 g/mol. The molecule has 1 saturated heterocycles. The number of piperidine rings is 1. The van der Waals surface area contributed by atoms with Crippen LogP contribution in [0.1, 0.15) is 57.6 Å². The molecular formula is C38H42FN5O5. The smallest absolute Gasteiger partial charge is 0.274 e. The summed E-state index contributed by atoms with van der Waals surface area (Å²) in [6, 6.07) is 15.1. The third kappa shape index (κ3) is 6.49. The molecule has 49 heavy (non-hydrogen) atoms. The molecule has 0 atom stereocenters. The molecule has 4 heterocycles. The number of pyridine rings is 3. The van der Waals surface area contributed by atoms with Crippen LogP contribution in [0, 0.1) is 5.82 Å². The molecule has 0 unspecified atom stereocenters. The van der Waals surface area contributed by atoms with Gasteiger partial charge in [0, 0.05) is 43.7 Å². The highest BCUT2D eigenvalue weighted by atomic mass is 19.1. The highest BCUT2D eigenvalue weighted by molar-refractivity contribution is 5.84. The maximum absolute atomic E-state index is 15.6. The minimum absolute atomic E-state index is 0.116. The zero-order chi connectivity index (χ0) is 35.1. The molecule has 0 aliphatic carbocycles. The van der Waals surface area contributed by atoms with E-state index in [4.69, 9.17) is 0 Å². The Morgan fingerprint density at radius 1 is 1.02 bits per heavy atom. The van der Waals surface area contributed by atoms with Crippen LogP contribution in [0.15, 0.2) is 82.8 Å².